The van der Waals surface area contributed by atoms with Gasteiger partial charge in [-0.2, -0.15) is 0 Å². The largest absolute Gasteiger partial charge is 0.444 e. The van der Waals surface area contributed by atoms with Crippen LogP contribution in [-0.2, 0) is 4.74 Å². The highest BCUT2D eigenvalue weighted by molar-refractivity contribution is 5.68. The Morgan fingerprint density at radius 1 is 1.14 bits per heavy atom. The first-order valence-electron chi connectivity index (χ1n) is 7.57. The summed E-state index contributed by atoms with van der Waals surface area (Å²) in [4.78, 5) is 11.7. The van der Waals surface area contributed by atoms with Crippen LogP contribution in [0.4, 0.5) is 10.5 Å². The molecule has 4 heteroatoms. The van der Waals surface area contributed by atoms with Gasteiger partial charge in [0.1, 0.15) is 5.60 Å². The highest BCUT2D eigenvalue weighted by Crippen LogP contribution is 2.28. The number of rotatable bonds is 3. The third-order valence-corrected chi connectivity index (χ3v) is 3.69. The van der Waals surface area contributed by atoms with Crippen LogP contribution in [0.15, 0.2) is 18.2 Å². The fourth-order valence-electron chi connectivity index (χ4n) is 2.57. The van der Waals surface area contributed by atoms with Gasteiger partial charge in [-0.1, -0.05) is 18.2 Å². The number of ether oxygens (including phenoxy) is 1. The molecule has 0 bridgehead atoms. The molecule has 0 atom stereocenters. The number of hydrogen-bond donors (Lipinski definition) is 2. The van der Waals surface area contributed by atoms with Crippen molar-refractivity contribution < 1.29 is 9.53 Å². The van der Waals surface area contributed by atoms with E-state index in [1.54, 1.807) is 0 Å². The van der Waals surface area contributed by atoms with Crippen molar-refractivity contribution in [1.29, 1.82) is 0 Å². The zero-order valence-electron chi connectivity index (χ0n) is 13.6. The summed E-state index contributed by atoms with van der Waals surface area (Å²) in [5.74, 6) is 0. The Labute approximate surface area is 127 Å². The highest BCUT2D eigenvalue weighted by atomic mass is 16.6. The predicted octanol–water partition coefficient (Wildman–Crippen LogP) is 3.77. The number of aryl methyl sites for hydroxylation is 2. The predicted molar refractivity (Wildman–Crippen MR) is 85.7 cm³/mol. The molecule has 2 rings (SSSR count). The molecule has 0 aliphatic heterocycles. The smallest absolute Gasteiger partial charge is 0.407 e. The summed E-state index contributed by atoms with van der Waals surface area (Å²) >= 11 is 0. The minimum Gasteiger partial charge on any atom is -0.444 e. The number of carbonyl (C=O) groups excluding carboxylic acids is 1. The fourth-order valence-corrected chi connectivity index (χ4v) is 2.57. The minimum absolute atomic E-state index is 0.210. The fraction of sp³-hybridized carbons (Fsp3) is 0.588. The van der Waals surface area contributed by atoms with Gasteiger partial charge in [0.05, 0.1) is 0 Å². The molecule has 1 aliphatic rings. The van der Waals surface area contributed by atoms with Gasteiger partial charge in [0.25, 0.3) is 0 Å². The van der Waals surface area contributed by atoms with Crippen LogP contribution in [0.25, 0.3) is 0 Å². The summed E-state index contributed by atoms with van der Waals surface area (Å²) < 4.78 is 5.27. The molecule has 1 amide bonds. The van der Waals surface area contributed by atoms with Crippen molar-refractivity contribution in [3.63, 3.8) is 0 Å². The molecule has 1 fully saturated rings. The molecular formula is C17H26N2O2. The summed E-state index contributed by atoms with van der Waals surface area (Å²) in [6.07, 6.45) is 1.55. The molecule has 1 aliphatic carbocycles. The van der Waals surface area contributed by atoms with E-state index in [0.717, 1.165) is 12.8 Å². The Morgan fingerprint density at radius 3 is 2.24 bits per heavy atom. The summed E-state index contributed by atoms with van der Waals surface area (Å²) in [7, 11) is 0. The Hall–Kier alpha value is -1.71. The summed E-state index contributed by atoms with van der Waals surface area (Å²) in [5, 5.41) is 6.49. The van der Waals surface area contributed by atoms with Crippen molar-refractivity contribution >= 4 is 11.8 Å². The molecule has 0 unspecified atom stereocenters. The number of hydrogen-bond acceptors (Lipinski definition) is 3. The Bertz CT molecular complexity index is 494. The molecule has 1 aromatic rings. The third-order valence-electron chi connectivity index (χ3n) is 3.69. The molecule has 2 N–H and O–H groups in total. The van der Waals surface area contributed by atoms with Crippen LogP contribution in [-0.4, -0.2) is 23.8 Å². The van der Waals surface area contributed by atoms with E-state index in [9.17, 15) is 4.79 Å². The molecular weight excluding hydrogens is 264 g/mol. The first-order valence-corrected chi connectivity index (χ1v) is 7.57. The molecule has 21 heavy (non-hydrogen) atoms. The van der Waals surface area contributed by atoms with Crippen molar-refractivity contribution in [3.8, 4) is 0 Å². The SMILES string of the molecule is Cc1cccc(C)c1NC1CC(NC(=O)OC(C)(C)C)C1. The Balaban J connectivity index is 1.78. The van der Waals surface area contributed by atoms with Gasteiger partial charge in [-0.3, -0.25) is 0 Å². The van der Waals surface area contributed by atoms with Gasteiger partial charge in [0.15, 0.2) is 0 Å². The van der Waals surface area contributed by atoms with Crippen molar-refractivity contribution in [1.82, 2.24) is 5.32 Å². The van der Waals surface area contributed by atoms with E-state index in [1.165, 1.54) is 16.8 Å². The zero-order valence-corrected chi connectivity index (χ0v) is 13.6. The van der Waals surface area contributed by atoms with Crippen LogP contribution in [0.1, 0.15) is 44.7 Å². The van der Waals surface area contributed by atoms with E-state index < -0.39 is 5.60 Å². The van der Waals surface area contributed by atoms with Crippen molar-refractivity contribution in [2.45, 2.75) is 65.1 Å². The maximum Gasteiger partial charge on any atom is 0.407 e. The standard InChI is InChI=1S/C17H26N2O2/c1-11-7-6-8-12(2)15(11)18-13-9-14(10-13)19-16(20)21-17(3,4)5/h6-8,13-14,18H,9-10H2,1-5H3,(H,19,20). The molecule has 4 nitrogen and oxygen atoms in total. The van der Waals surface area contributed by atoms with E-state index in [2.05, 4.69) is 42.7 Å². The second-order valence-corrected chi connectivity index (χ2v) is 6.92. The maximum absolute atomic E-state index is 11.7. The van der Waals surface area contributed by atoms with Crippen molar-refractivity contribution in [3.05, 3.63) is 29.3 Å². The van der Waals surface area contributed by atoms with Gasteiger partial charge in [-0.05, 0) is 58.6 Å². The normalized spacial score (nSPS) is 21.4. The third kappa shape index (κ3) is 4.38. The molecule has 116 valence electrons. The lowest BCUT2D eigenvalue weighted by atomic mass is 9.86. The second-order valence-electron chi connectivity index (χ2n) is 6.92. The van der Waals surface area contributed by atoms with Gasteiger partial charge in [0.2, 0.25) is 0 Å². The number of alkyl carbamates (subject to hydrolysis) is 1. The molecule has 0 radical (unpaired) electrons. The van der Waals surface area contributed by atoms with Crippen molar-refractivity contribution in [2.24, 2.45) is 0 Å². The van der Waals surface area contributed by atoms with Crippen LogP contribution in [0, 0.1) is 13.8 Å². The number of para-hydroxylation sites is 1. The van der Waals surface area contributed by atoms with Crippen LogP contribution in [0.2, 0.25) is 0 Å². The number of anilines is 1. The highest BCUT2D eigenvalue weighted by Gasteiger charge is 2.31. The lowest BCUT2D eigenvalue weighted by Gasteiger charge is -2.37. The average molecular weight is 290 g/mol. The van der Waals surface area contributed by atoms with Gasteiger partial charge in [0, 0.05) is 17.8 Å². The summed E-state index contributed by atoms with van der Waals surface area (Å²) in [5.41, 5.74) is 3.30. The average Bonchev–Trinajstić information content (AvgIpc) is 2.27. The maximum atomic E-state index is 11.7. The number of nitrogens with one attached hydrogen (secondary N) is 2. The van der Waals surface area contributed by atoms with Gasteiger partial charge >= 0.3 is 6.09 Å². The first-order chi connectivity index (χ1) is 9.74. The van der Waals surface area contributed by atoms with Crippen molar-refractivity contribution in [2.75, 3.05) is 5.32 Å². The summed E-state index contributed by atoms with van der Waals surface area (Å²) in [6, 6.07) is 6.93. The number of benzene rings is 1. The second kappa shape index (κ2) is 5.96. The first kappa shape index (κ1) is 15.7. The van der Waals surface area contributed by atoms with Crippen LogP contribution >= 0.6 is 0 Å². The van der Waals surface area contributed by atoms with E-state index in [-0.39, 0.29) is 12.1 Å². The monoisotopic (exact) mass is 290 g/mol. The number of amides is 1. The van der Waals surface area contributed by atoms with Crippen LogP contribution in [0.3, 0.4) is 0 Å². The van der Waals surface area contributed by atoms with Crippen LogP contribution < -0.4 is 10.6 Å². The zero-order chi connectivity index (χ0) is 15.6. The van der Waals surface area contributed by atoms with Gasteiger partial charge in [-0.15, -0.1) is 0 Å². The topological polar surface area (TPSA) is 50.4 Å². The molecule has 1 aromatic carbocycles. The van der Waals surface area contributed by atoms with Gasteiger partial charge in [-0.25, -0.2) is 4.79 Å². The van der Waals surface area contributed by atoms with E-state index >= 15 is 0 Å². The Kier molecular flexibility index (Phi) is 4.45. The quantitative estimate of drug-likeness (QED) is 0.891. The van der Waals surface area contributed by atoms with E-state index in [1.807, 2.05) is 20.8 Å². The van der Waals surface area contributed by atoms with E-state index in [4.69, 9.17) is 4.74 Å². The molecule has 0 heterocycles. The Morgan fingerprint density at radius 2 is 1.71 bits per heavy atom. The summed E-state index contributed by atoms with van der Waals surface area (Å²) in [6.45, 7) is 9.85. The minimum atomic E-state index is -0.441. The number of carbonyl (C=O) groups is 1. The molecule has 0 spiro atoms. The molecule has 0 saturated heterocycles. The lowest BCUT2D eigenvalue weighted by Crippen LogP contribution is -2.50. The van der Waals surface area contributed by atoms with Crippen LogP contribution in [0.5, 0.6) is 0 Å². The van der Waals surface area contributed by atoms with E-state index in [0.29, 0.717) is 6.04 Å². The van der Waals surface area contributed by atoms with Gasteiger partial charge < -0.3 is 15.4 Å². The molecule has 0 aromatic heterocycles. The lowest BCUT2D eigenvalue weighted by molar-refractivity contribution is 0.0475. The molecule has 1 saturated carbocycles.